The molecule has 0 aliphatic rings. The molecule has 2 atom stereocenters. The second kappa shape index (κ2) is 20.4. The molecule has 0 aliphatic heterocycles. The number of carbonyl (C=O) groups is 1. The number of carbonyl (C=O) groups excluding carboxylic acids is 1. The van der Waals surface area contributed by atoms with Crippen molar-refractivity contribution in [1.29, 1.82) is 0 Å². The summed E-state index contributed by atoms with van der Waals surface area (Å²) in [6.07, 6.45) is 25.1. The number of allylic oxidation sites excluding steroid dienone is 8. The van der Waals surface area contributed by atoms with Crippen molar-refractivity contribution in [2.75, 3.05) is 13.2 Å². The summed E-state index contributed by atoms with van der Waals surface area (Å²) in [5, 5.41) is 9.38. The topological polar surface area (TPSA) is 116 Å². The number of aliphatic hydroxyl groups excluding tert-OH is 1. The molecule has 0 amide bonds. The van der Waals surface area contributed by atoms with Gasteiger partial charge in [-0.2, -0.15) is 0 Å². The fraction of sp³-hybridized carbons (Fsp3) is 0.609. The van der Waals surface area contributed by atoms with Crippen LogP contribution in [-0.2, 0) is 18.6 Å². The Labute approximate surface area is 186 Å². The molecule has 0 saturated carbocycles. The maximum atomic E-state index is 11.5. The van der Waals surface area contributed by atoms with Crippen molar-refractivity contribution in [3.8, 4) is 0 Å². The van der Waals surface area contributed by atoms with E-state index in [2.05, 4.69) is 47.9 Å². The average Bonchev–Trinajstić information content (AvgIpc) is 2.72. The van der Waals surface area contributed by atoms with Gasteiger partial charge < -0.3 is 24.2 Å². The average molecular weight is 458 g/mol. The van der Waals surface area contributed by atoms with Crippen LogP contribution < -0.4 is 4.89 Å². The Kier molecular flexibility index (Phi) is 19.4. The SMILES string of the molecule is CCCCC/C=C\C/C=C\C/C=C\C/C=C\CCCC(=O)OC[C@@H](O)COP(=O)([O-])O. The number of ether oxygens (including phenoxy) is 1. The van der Waals surface area contributed by atoms with Crippen molar-refractivity contribution in [2.45, 2.75) is 77.2 Å². The van der Waals surface area contributed by atoms with Gasteiger partial charge in [-0.25, -0.2) is 0 Å². The zero-order valence-electron chi connectivity index (χ0n) is 18.6. The highest BCUT2D eigenvalue weighted by Crippen LogP contribution is 2.30. The lowest BCUT2D eigenvalue weighted by Crippen LogP contribution is -2.24. The van der Waals surface area contributed by atoms with Gasteiger partial charge in [-0.1, -0.05) is 68.4 Å². The van der Waals surface area contributed by atoms with E-state index >= 15 is 0 Å². The summed E-state index contributed by atoms with van der Waals surface area (Å²) >= 11 is 0. The highest BCUT2D eigenvalue weighted by atomic mass is 31.2. The van der Waals surface area contributed by atoms with Crippen molar-refractivity contribution in [2.24, 2.45) is 0 Å². The molecule has 8 heteroatoms. The van der Waals surface area contributed by atoms with Crippen LogP contribution in [0.2, 0.25) is 0 Å². The van der Waals surface area contributed by atoms with Crippen molar-refractivity contribution >= 4 is 13.8 Å². The van der Waals surface area contributed by atoms with Crippen molar-refractivity contribution in [3.63, 3.8) is 0 Å². The van der Waals surface area contributed by atoms with Gasteiger partial charge in [0.25, 0.3) is 7.82 Å². The molecule has 0 aromatic heterocycles. The van der Waals surface area contributed by atoms with Gasteiger partial charge in [-0.15, -0.1) is 0 Å². The van der Waals surface area contributed by atoms with Crippen LogP contribution >= 0.6 is 7.82 Å². The van der Waals surface area contributed by atoms with Crippen LogP contribution in [0.5, 0.6) is 0 Å². The molecular weight excluding hydrogens is 419 g/mol. The number of unbranched alkanes of at least 4 members (excludes halogenated alkanes) is 4. The summed E-state index contributed by atoms with van der Waals surface area (Å²) < 4.78 is 19.2. The highest BCUT2D eigenvalue weighted by molar-refractivity contribution is 7.44. The van der Waals surface area contributed by atoms with E-state index in [1.807, 2.05) is 12.2 Å². The van der Waals surface area contributed by atoms with E-state index in [9.17, 15) is 19.4 Å². The summed E-state index contributed by atoms with van der Waals surface area (Å²) in [4.78, 5) is 30.3. The Balaban J connectivity index is 3.60. The zero-order chi connectivity index (χ0) is 23.2. The molecule has 0 saturated heterocycles. The van der Waals surface area contributed by atoms with Crippen LogP contribution in [0.15, 0.2) is 48.6 Å². The number of hydrogen-bond donors (Lipinski definition) is 2. The molecule has 0 bridgehead atoms. The van der Waals surface area contributed by atoms with Gasteiger partial charge in [-0.3, -0.25) is 9.36 Å². The van der Waals surface area contributed by atoms with Gasteiger partial charge in [0.05, 0.1) is 6.61 Å². The third-order valence-electron chi connectivity index (χ3n) is 4.08. The maximum absolute atomic E-state index is 11.5. The molecule has 1 unspecified atom stereocenters. The Bertz CT molecular complexity index is 605. The van der Waals surface area contributed by atoms with Crippen LogP contribution in [0.25, 0.3) is 0 Å². The Hall–Kier alpha value is -1.50. The number of esters is 1. The van der Waals surface area contributed by atoms with Crippen LogP contribution in [-0.4, -0.2) is 35.3 Å². The molecule has 0 rings (SSSR count). The Morgan fingerprint density at radius 2 is 1.42 bits per heavy atom. The second-order valence-corrected chi connectivity index (χ2v) is 8.28. The van der Waals surface area contributed by atoms with E-state index in [4.69, 9.17) is 9.63 Å². The van der Waals surface area contributed by atoms with Gasteiger partial charge in [0.15, 0.2) is 0 Å². The number of phosphoric ester groups is 1. The minimum absolute atomic E-state index is 0.200. The zero-order valence-corrected chi connectivity index (χ0v) is 19.5. The quantitative estimate of drug-likeness (QED) is 0.127. The van der Waals surface area contributed by atoms with Crippen LogP contribution in [0.4, 0.5) is 0 Å². The van der Waals surface area contributed by atoms with Crippen LogP contribution in [0, 0.1) is 0 Å². The fourth-order valence-electron chi connectivity index (χ4n) is 2.41. The number of rotatable bonds is 19. The van der Waals surface area contributed by atoms with Crippen molar-refractivity contribution in [1.82, 2.24) is 0 Å². The van der Waals surface area contributed by atoms with Gasteiger partial charge in [-0.05, 0) is 44.9 Å². The van der Waals surface area contributed by atoms with E-state index < -0.39 is 26.5 Å². The van der Waals surface area contributed by atoms with Crippen LogP contribution in [0.3, 0.4) is 0 Å². The molecule has 0 aromatic rings. The molecule has 0 aliphatic carbocycles. The minimum Gasteiger partial charge on any atom is -0.756 e. The first kappa shape index (κ1) is 29.5. The first-order valence-corrected chi connectivity index (χ1v) is 12.5. The van der Waals surface area contributed by atoms with Gasteiger partial charge in [0.2, 0.25) is 0 Å². The first-order valence-electron chi connectivity index (χ1n) is 11.0. The number of phosphoric acid groups is 1. The molecule has 0 radical (unpaired) electrons. The minimum atomic E-state index is -4.88. The molecule has 178 valence electrons. The lowest BCUT2D eigenvalue weighted by molar-refractivity contribution is -0.222. The van der Waals surface area contributed by atoms with Crippen molar-refractivity contribution < 1.29 is 33.5 Å². The summed E-state index contributed by atoms with van der Waals surface area (Å²) in [6, 6.07) is 0. The summed E-state index contributed by atoms with van der Waals surface area (Å²) in [5.41, 5.74) is 0. The van der Waals surface area contributed by atoms with Crippen LogP contribution in [0.1, 0.15) is 71.1 Å². The summed E-state index contributed by atoms with van der Waals surface area (Å²) in [7, 11) is -4.88. The monoisotopic (exact) mass is 457 g/mol. The van der Waals surface area contributed by atoms with E-state index in [0.717, 1.165) is 25.7 Å². The molecule has 0 fully saturated rings. The fourth-order valence-corrected chi connectivity index (χ4v) is 2.78. The molecule has 0 spiro atoms. The third-order valence-corrected chi connectivity index (χ3v) is 4.55. The van der Waals surface area contributed by atoms with E-state index in [0.29, 0.717) is 6.42 Å². The molecule has 7 nitrogen and oxygen atoms in total. The van der Waals surface area contributed by atoms with Gasteiger partial charge in [0, 0.05) is 6.42 Å². The predicted octanol–water partition coefficient (Wildman–Crippen LogP) is 4.51. The molecule has 2 N–H and O–H groups in total. The van der Waals surface area contributed by atoms with Gasteiger partial charge >= 0.3 is 5.97 Å². The Morgan fingerprint density at radius 3 is 1.94 bits per heavy atom. The Morgan fingerprint density at radius 1 is 0.903 bits per heavy atom. The first-order chi connectivity index (χ1) is 14.8. The lowest BCUT2D eigenvalue weighted by Gasteiger charge is -2.18. The van der Waals surface area contributed by atoms with E-state index in [-0.39, 0.29) is 13.0 Å². The lowest BCUT2D eigenvalue weighted by atomic mass is 10.2. The van der Waals surface area contributed by atoms with Crippen molar-refractivity contribution in [3.05, 3.63) is 48.6 Å². The molecular formula is C23H38O7P-. The van der Waals surface area contributed by atoms with E-state index in [1.54, 1.807) is 0 Å². The van der Waals surface area contributed by atoms with E-state index in [1.165, 1.54) is 25.7 Å². The third kappa shape index (κ3) is 24.6. The second-order valence-electron chi connectivity index (χ2n) is 7.08. The predicted molar refractivity (Wildman–Crippen MR) is 121 cm³/mol. The maximum Gasteiger partial charge on any atom is 0.305 e. The summed E-state index contributed by atoms with van der Waals surface area (Å²) in [6.45, 7) is 1.17. The highest BCUT2D eigenvalue weighted by Gasteiger charge is 2.11. The molecule has 0 heterocycles. The standard InChI is InChI=1S/C23H39O7P/c1-2-3-4-5-6-7-8-9-10-11-12-13-14-15-16-17-18-19-23(25)29-20-22(24)21-30-31(26,27)28/h6-7,9-10,12-13,15-16,22,24H,2-5,8,11,14,17-21H2,1H3,(H2,26,27,28)/p-1/b7-6-,10-9-,13-12-,16-15-/t22-/m1/s1. The summed E-state index contributed by atoms with van der Waals surface area (Å²) in [5.74, 6) is -0.482. The number of hydrogen-bond acceptors (Lipinski definition) is 6. The molecule has 31 heavy (non-hydrogen) atoms. The largest absolute Gasteiger partial charge is 0.756 e. The van der Waals surface area contributed by atoms with Gasteiger partial charge in [0.1, 0.15) is 12.7 Å². The molecule has 0 aromatic carbocycles. The smallest absolute Gasteiger partial charge is 0.305 e. The number of aliphatic hydroxyl groups is 1. The normalized spacial score (nSPS) is 15.4.